The Morgan fingerprint density at radius 1 is 1.33 bits per heavy atom. The summed E-state index contributed by atoms with van der Waals surface area (Å²) in [7, 11) is 0. The highest BCUT2D eigenvalue weighted by molar-refractivity contribution is 14.4. The standard InChI is InChI=1S/C2H4I3P/c1-2-6(3,4)5/h2H,1H3. The molecule has 0 aromatic carbocycles. The van der Waals surface area contributed by atoms with Crippen LogP contribution >= 0.6 is 65.9 Å². The van der Waals surface area contributed by atoms with E-state index in [-0.39, 0.29) is 0 Å². The van der Waals surface area contributed by atoms with E-state index >= 15 is 0 Å². The summed E-state index contributed by atoms with van der Waals surface area (Å²) < 4.78 is -0.612. The van der Waals surface area contributed by atoms with Gasteiger partial charge in [0.25, 0.3) is 0 Å². The first-order chi connectivity index (χ1) is 2.56. The summed E-state index contributed by atoms with van der Waals surface area (Å²) in [4.78, 5) is 0. The molecule has 0 nitrogen and oxygen atoms in total. The Hall–Kier alpha value is 2.49. The highest BCUT2D eigenvalue weighted by atomic mass is 127. The maximum atomic E-state index is 2.47. The van der Waals surface area contributed by atoms with Crippen LogP contribution in [0.2, 0.25) is 0 Å². The van der Waals surface area contributed by atoms with Gasteiger partial charge in [0, 0.05) is 0 Å². The second-order valence-electron chi connectivity index (χ2n) is 0.743. The molecular formula is C2H4I3P. The maximum absolute atomic E-state index is 2.47. The molecule has 0 heterocycles. The predicted octanol–water partition coefficient (Wildman–Crippen LogP) is 3.88. The summed E-state index contributed by atoms with van der Waals surface area (Å²) in [6.07, 6.45) is 0. The van der Waals surface area contributed by atoms with Crippen LogP contribution in [0.3, 0.4) is 0 Å². The molecule has 0 N–H and O–H groups in total. The van der Waals surface area contributed by atoms with Crippen molar-refractivity contribution < 1.29 is 0 Å². The molecule has 6 heavy (non-hydrogen) atoms. The van der Waals surface area contributed by atoms with Gasteiger partial charge in [0.2, 0.25) is 0 Å². The molecule has 0 rings (SSSR count). The monoisotopic (exact) mass is 440 g/mol. The van der Waals surface area contributed by atoms with Crippen LogP contribution in [0.25, 0.3) is 0 Å². The Morgan fingerprint density at radius 2 is 1.50 bits per heavy atom. The minimum atomic E-state index is -0.612. The highest BCUT2D eigenvalue weighted by Crippen LogP contribution is 2.71. The van der Waals surface area contributed by atoms with Crippen LogP contribution in [0.4, 0.5) is 0 Å². The molecule has 0 spiro atoms. The summed E-state index contributed by atoms with van der Waals surface area (Å²) in [5.41, 5.74) is 0. The van der Waals surface area contributed by atoms with E-state index in [1.807, 2.05) is 0 Å². The first-order valence-electron chi connectivity index (χ1n) is 1.34. The van der Waals surface area contributed by atoms with Crippen LogP contribution in [0.5, 0.6) is 0 Å². The Morgan fingerprint density at radius 3 is 1.50 bits per heavy atom. The van der Waals surface area contributed by atoms with Gasteiger partial charge in [-0.15, -0.1) is 0 Å². The molecule has 0 aliphatic carbocycles. The van der Waals surface area contributed by atoms with Gasteiger partial charge in [0.05, 0.1) is -0.186 Å². The fourth-order valence-corrected chi connectivity index (χ4v) is 0. The quantitative estimate of drug-likeness (QED) is 0.397. The normalized spacial score (nSPS) is 11.3. The zero-order chi connectivity index (χ0) is 5.21. The lowest BCUT2D eigenvalue weighted by Crippen LogP contribution is -1.42. The van der Waals surface area contributed by atoms with Crippen LogP contribution in [0, 0.1) is 0 Å². The number of halogens is 3. The van der Waals surface area contributed by atoms with Crippen LogP contribution in [0.1, 0.15) is 6.92 Å². The largest absolute Gasteiger partial charge is 0.0625 e. The molecule has 0 aliphatic rings. The van der Waals surface area contributed by atoms with Crippen molar-refractivity contribution in [3.63, 3.8) is 0 Å². The van der Waals surface area contributed by atoms with Crippen LogP contribution in [-0.2, 0) is 0 Å². The van der Waals surface area contributed by atoms with Crippen LogP contribution in [0.15, 0.2) is 0 Å². The van der Waals surface area contributed by atoms with E-state index in [1.54, 1.807) is 0 Å². The number of rotatable bonds is 0. The molecule has 0 radical (unpaired) electrons. The van der Waals surface area contributed by atoms with Gasteiger partial charge in [-0.2, -0.15) is 0 Å². The lowest BCUT2D eigenvalue weighted by molar-refractivity contribution is 2.14. The summed E-state index contributed by atoms with van der Waals surface area (Å²) in [6.45, 7) is 2.11. The molecule has 0 aromatic heterocycles. The topological polar surface area (TPSA) is 0 Å². The molecule has 0 aliphatic heterocycles. The van der Waals surface area contributed by atoms with Crippen molar-refractivity contribution in [3.05, 3.63) is 0 Å². The third kappa shape index (κ3) is 6.49. The molecular weight excluding hydrogens is 436 g/mol. The van der Waals surface area contributed by atoms with Gasteiger partial charge in [0.15, 0.2) is 0 Å². The van der Waals surface area contributed by atoms with E-state index < -0.39 is -0.186 Å². The molecule has 0 unspecified atom stereocenters. The molecule has 0 fully saturated rings. The first-order valence-corrected chi connectivity index (χ1v) is 11.6. The molecule has 0 saturated carbocycles. The Balaban J connectivity index is 3.79. The molecule has 38 valence electrons. The van der Waals surface area contributed by atoms with Gasteiger partial charge >= 0.3 is 0 Å². The second kappa shape index (κ2) is 3.50. The van der Waals surface area contributed by atoms with Crippen molar-refractivity contribution in [2.75, 3.05) is 0 Å². The van der Waals surface area contributed by atoms with Gasteiger partial charge in [-0.25, -0.2) is 0 Å². The number of hydrogen-bond acceptors (Lipinski definition) is 0. The van der Waals surface area contributed by atoms with Gasteiger partial charge in [-0.05, 0) is 73.0 Å². The Kier molecular flexibility index (Phi) is 4.96. The minimum absolute atomic E-state index is 0.612. The van der Waals surface area contributed by atoms with Crippen molar-refractivity contribution in [1.82, 2.24) is 0 Å². The molecule has 0 bridgehead atoms. The van der Waals surface area contributed by atoms with Crippen molar-refractivity contribution in [2.45, 2.75) is 6.92 Å². The van der Waals surface area contributed by atoms with E-state index in [2.05, 4.69) is 78.8 Å². The zero-order valence-corrected chi connectivity index (χ0v) is 10.5. The van der Waals surface area contributed by atoms with E-state index in [4.69, 9.17) is 0 Å². The van der Waals surface area contributed by atoms with Crippen molar-refractivity contribution in [2.24, 2.45) is 0 Å². The summed E-state index contributed by atoms with van der Waals surface area (Å²) >= 11 is 7.41. The Bertz CT molecular complexity index is 72.5. The molecule has 0 saturated heterocycles. The van der Waals surface area contributed by atoms with Gasteiger partial charge in [0.1, 0.15) is 0 Å². The van der Waals surface area contributed by atoms with Gasteiger partial charge in [-0.1, -0.05) is 5.80 Å². The summed E-state index contributed by atoms with van der Waals surface area (Å²) in [6, 6.07) is 0. The molecule has 0 atom stereocenters. The Labute approximate surface area is 77.3 Å². The fraction of sp³-hybridized carbons (Fsp3) is 0.500. The zero-order valence-electron chi connectivity index (χ0n) is 3.16. The molecule has 0 amide bonds. The van der Waals surface area contributed by atoms with Crippen molar-refractivity contribution in [3.8, 4) is 0 Å². The molecule has 0 aromatic rings. The van der Waals surface area contributed by atoms with E-state index in [0.29, 0.717) is 0 Å². The van der Waals surface area contributed by atoms with Crippen molar-refractivity contribution in [1.29, 1.82) is 0 Å². The average molecular weight is 440 g/mol. The third-order valence-corrected chi connectivity index (χ3v) is 5.89. The lowest BCUT2D eigenvalue weighted by atomic mass is 11.0. The minimum Gasteiger partial charge on any atom is -0.0625 e. The van der Waals surface area contributed by atoms with Crippen LogP contribution < -0.4 is 0 Å². The number of hydrogen-bond donors (Lipinski definition) is 0. The fourth-order valence-electron chi connectivity index (χ4n) is 0. The van der Waals surface area contributed by atoms with Crippen LogP contribution in [-0.4, -0.2) is 5.80 Å². The van der Waals surface area contributed by atoms with Gasteiger partial charge < -0.3 is 0 Å². The SMILES string of the molecule is CC=P(I)(I)I. The van der Waals surface area contributed by atoms with E-state index in [9.17, 15) is 0 Å². The van der Waals surface area contributed by atoms with E-state index in [0.717, 1.165) is 0 Å². The third-order valence-electron chi connectivity index (χ3n) is 0.293. The van der Waals surface area contributed by atoms with Gasteiger partial charge in [-0.3, -0.25) is 0 Å². The average Bonchev–Trinajstić information content (AvgIpc) is 1.35. The maximum Gasteiger partial charge on any atom is 0.0614 e. The highest BCUT2D eigenvalue weighted by Gasteiger charge is 1.93. The predicted molar refractivity (Wildman–Crippen MR) is 60.7 cm³/mol. The summed E-state index contributed by atoms with van der Waals surface area (Å²) in [5.74, 6) is 2.26. The van der Waals surface area contributed by atoms with E-state index in [1.165, 1.54) is 0 Å². The lowest BCUT2D eigenvalue weighted by Gasteiger charge is -1.91. The second-order valence-corrected chi connectivity index (χ2v) is 32.5. The first kappa shape index (κ1) is 8.49. The summed E-state index contributed by atoms with van der Waals surface area (Å²) in [5, 5.41) is 0. The smallest absolute Gasteiger partial charge is 0.0614 e. The molecule has 4 heteroatoms. The van der Waals surface area contributed by atoms with Crippen molar-refractivity contribution >= 4 is 71.7 Å².